The van der Waals surface area contributed by atoms with Crippen LogP contribution in [0.2, 0.25) is 0 Å². The highest BCUT2D eigenvalue weighted by Crippen LogP contribution is 2.15. The van der Waals surface area contributed by atoms with Crippen molar-refractivity contribution in [3.63, 3.8) is 0 Å². The van der Waals surface area contributed by atoms with Gasteiger partial charge in [0.05, 0.1) is 0 Å². The second kappa shape index (κ2) is 5.87. The summed E-state index contributed by atoms with van der Waals surface area (Å²) in [5, 5.41) is 5.55. The minimum Gasteiger partial charge on any atom is -0.380 e. The van der Waals surface area contributed by atoms with Gasteiger partial charge < -0.3 is 5.32 Å². The number of benzene rings is 1. The maximum Gasteiger partial charge on any atom is 0.0494 e. The summed E-state index contributed by atoms with van der Waals surface area (Å²) >= 11 is 1.79. The van der Waals surface area contributed by atoms with Crippen LogP contribution in [0.25, 0.3) is 0 Å². The van der Waals surface area contributed by atoms with Crippen molar-refractivity contribution in [1.82, 2.24) is 0 Å². The summed E-state index contributed by atoms with van der Waals surface area (Å²) in [6.45, 7) is 5.42. The van der Waals surface area contributed by atoms with E-state index in [0.717, 1.165) is 18.9 Å². The standard InChI is InChI=1S/C15H19NS/c1-12(2)10-13-5-7-14(8-6-13)16-11-15-4-3-9-17-15/h3-9,12,16H,10-11H2,1-2H3. The van der Waals surface area contributed by atoms with Crippen LogP contribution in [0.15, 0.2) is 41.8 Å². The van der Waals surface area contributed by atoms with Crippen LogP contribution in [0, 0.1) is 5.92 Å². The quantitative estimate of drug-likeness (QED) is 0.814. The number of rotatable bonds is 5. The summed E-state index contributed by atoms with van der Waals surface area (Å²) in [6, 6.07) is 13.0. The van der Waals surface area contributed by atoms with Crippen molar-refractivity contribution >= 4 is 17.0 Å². The predicted octanol–water partition coefficient (Wildman–Crippen LogP) is 4.56. The second-order valence-electron chi connectivity index (χ2n) is 4.73. The summed E-state index contributed by atoms with van der Waals surface area (Å²) in [4.78, 5) is 1.37. The first-order valence-corrected chi connectivity index (χ1v) is 6.97. The molecule has 2 aromatic rings. The smallest absolute Gasteiger partial charge is 0.0494 e. The molecule has 0 spiro atoms. The van der Waals surface area contributed by atoms with E-state index in [1.165, 1.54) is 16.1 Å². The highest BCUT2D eigenvalue weighted by Gasteiger charge is 1.98. The Kier molecular flexibility index (Phi) is 4.21. The molecule has 0 unspecified atom stereocenters. The van der Waals surface area contributed by atoms with Crippen LogP contribution >= 0.6 is 11.3 Å². The van der Waals surface area contributed by atoms with E-state index in [9.17, 15) is 0 Å². The molecule has 2 heteroatoms. The van der Waals surface area contributed by atoms with Crippen LogP contribution in [0.3, 0.4) is 0 Å². The van der Waals surface area contributed by atoms with Gasteiger partial charge in [-0.25, -0.2) is 0 Å². The Labute approximate surface area is 108 Å². The molecule has 90 valence electrons. The fourth-order valence-electron chi connectivity index (χ4n) is 1.83. The first-order chi connectivity index (χ1) is 8.24. The highest BCUT2D eigenvalue weighted by atomic mass is 32.1. The molecule has 0 fully saturated rings. The van der Waals surface area contributed by atoms with Crippen LogP contribution in [0.4, 0.5) is 5.69 Å². The predicted molar refractivity (Wildman–Crippen MR) is 76.6 cm³/mol. The molecular weight excluding hydrogens is 226 g/mol. The van der Waals surface area contributed by atoms with Crippen molar-refractivity contribution in [3.8, 4) is 0 Å². The summed E-state index contributed by atoms with van der Waals surface area (Å²) in [5.74, 6) is 0.722. The van der Waals surface area contributed by atoms with Crippen molar-refractivity contribution in [3.05, 3.63) is 52.2 Å². The molecule has 0 aliphatic rings. The van der Waals surface area contributed by atoms with E-state index in [4.69, 9.17) is 0 Å². The lowest BCUT2D eigenvalue weighted by Crippen LogP contribution is -1.98. The maximum absolute atomic E-state index is 3.44. The Morgan fingerprint density at radius 3 is 2.47 bits per heavy atom. The van der Waals surface area contributed by atoms with Gasteiger partial charge in [-0.05, 0) is 41.5 Å². The molecule has 0 amide bonds. The number of thiophene rings is 1. The molecule has 1 nitrogen and oxygen atoms in total. The van der Waals surface area contributed by atoms with Gasteiger partial charge in [-0.2, -0.15) is 0 Å². The van der Waals surface area contributed by atoms with E-state index in [2.05, 4.69) is 60.9 Å². The summed E-state index contributed by atoms with van der Waals surface area (Å²) in [5.41, 5.74) is 2.62. The first-order valence-electron chi connectivity index (χ1n) is 6.09. The van der Waals surface area contributed by atoms with Crippen LogP contribution in [-0.2, 0) is 13.0 Å². The molecule has 0 radical (unpaired) electrons. The number of anilines is 1. The molecule has 0 bridgehead atoms. The fraction of sp³-hybridized carbons (Fsp3) is 0.333. The normalized spacial score (nSPS) is 10.8. The van der Waals surface area contributed by atoms with Gasteiger partial charge in [-0.1, -0.05) is 32.0 Å². The van der Waals surface area contributed by atoms with E-state index in [0.29, 0.717) is 0 Å². The van der Waals surface area contributed by atoms with Crippen molar-refractivity contribution in [2.24, 2.45) is 5.92 Å². The van der Waals surface area contributed by atoms with E-state index < -0.39 is 0 Å². The molecule has 0 aliphatic carbocycles. The van der Waals surface area contributed by atoms with Crippen molar-refractivity contribution in [2.45, 2.75) is 26.8 Å². The Balaban J connectivity index is 1.89. The monoisotopic (exact) mass is 245 g/mol. The molecule has 1 aromatic carbocycles. The number of hydrogen-bond donors (Lipinski definition) is 1. The van der Waals surface area contributed by atoms with Gasteiger partial charge in [0, 0.05) is 17.1 Å². The largest absolute Gasteiger partial charge is 0.380 e. The van der Waals surface area contributed by atoms with Gasteiger partial charge in [0.2, 0.25) is 0 Å². The van der Waals surface area contributed by atoms with E-state index in [-0.39, 0.29) is 0 Å². The molecule has 0 saturated heterocycles. The average molecular weight is 245 g/mol. The molecule has 17 heavy (non-hydrogen) atoms. The highest BCUT2D eigenvalue weighted by molar-refractivity contribution is 7.09. The van der Waals surface area contributed by atoms with Crippen molar-refractivity contribution < 1.29 is 0 Å². The van der Waals surface area contributed by atoms with E-state index in [1.54, 1.807) is 11.3 Å². The Morgan fingerprint density at radius 1 is 1.12 bits per heavy atom. The Bertz CT molecular complexity index is 428. The van der Waals surface area contributed by atoms with Gasteiger partial charge in [-0.15, -0.1) is 11.3 Å². The lowest BCUT2D eigenvalue weighted by atomic mass is 10.0. The van der Waals surface area contributed by atoms with Gasteiger partial charge >= 0.3 is 0 Å². The molecule has 1 aromatic heterocycles. The van der Waals surface area contributed by atoms with Crippen LogP contribution in [0.1, 0.15) is 24.3 Å². The molecule has 1 N–H and O–H groups in total. The SMILES string of the molecule is CC(C)Cc1ccc(NCc2cccs2)cc1. The summed E-state index contributed by atoms with van der Waals surface area (Å²) in [6.07, 6.45) is 1.16. The summed E-state index contributed by atoms with van der Waals surface area (Å²) < 4.78 is 0. The number of hydrogen-bond acceptors (Lipinski definition) is 2. The third kappa shape index (κ3) is 3.90. The molecule has 0 saturated carbocycles. The van der Waals surface area contributed by atoms with Gasteiger partial charge in [-0.3, -0.25) is 0 Å². The third-order valence-corrected chi connectivity index (χ3v) is 3.52. The Morgan fingerprint density at radius 2 is 1.88 bits per heavy atom. The maximum atomic E-state index is 3.44. The zero-order chi connectivity index (χ0) is 12.1. The van der Waals surface area contributed by atoms with Crippen LogP contribution in [0.5, 0.6) is 0 Å². The average Bonchev–Trinajstić information content (AvgIpc) is 2.80. The van der Waals surface area contributed by atoms with Gasteiger partial charge in [0.15, 0.2) is 0 Å². The lowest BCUT2D eigenvalue weighted by Gasteiger charge is -2.08. The van der Waals surface area contributed by atoms with Crippen molar-refractivity contribution in [1.29, 1.82) is 0 Å². The topological polar surface area (TPSA) is 12.0 Å². The van der Waals surface area contributed by atoms with Gasteiger partial charge in [0.25, 0.3) is 0 Å². The van der Waals surface area contributed by atoms with E-state index >= 15 is 0 Å². The Hall–Kier alpha value is -1.28. The van der Waals surface area contributed by atoms with Gasteiger partial charge in [0.1, 0.15) is 0 Å². The number of nitrogens with one attached hydrogen (secondary N) is 1. The zero-order valence-electron chi connectivity index (χ0n) is 10.4. The minimum absolute atomic E-state index is 0.722. The lowest BCUT2D eigenvalue weighted by molar-refractivity contribution is 0.647. The molecule has 2 rings (SSSR count). The first kappa shape index (κ1) is 12.2. The third-order valence-electron chi connectivity index (χ3n) is 2.64. The van der Waals surface area contributed by atoms with Crippen LogP contribution < -0.4 is 5.32 Å². The molecule has 0 aliphatic heterocycles. The minimum atomic E-state index is 0.722. The zero-order valence-corrected chi connectivity index (χ0v) is 11.3. The molecule has 0 atom stereocenters. The fourth-order valence-corrected chi connectivity index (χ4v) is 2.48. The van der Waals surface area contributed by atoms with Crippen molar-refractivity contribution in [2.75, 3.05) is 5.32 Å². The second-order valence-corrected chi connectivity index (χ2v) is 5.76. The molecular formula is C15H19NS. The summed E-state index contributed by atoms with van der Waals surface area (Å²) in [7, 11) is 0. The van der Waals surface area contributed by atoms with E-state index in [1.807, 2.05) is 0 Å². The van der Waals surface area contributed by atoms with Crippen LogP contribution in [-0.4, -0.2) is 0 Å². The molecule has 1 heterocycles.